The molecule has 0 saturated carbocycles. The quantitative estimate of drug-likeness (QED) is 0.716. The first kappa shape index (κ1) is 15.9. The fourth-order valence-electron chi connectivity index (χ4n) is 2.38. The van der Waals surface area contributed by atoms with Crippen LogP contribution in [0.15, 0.2) is 45.6 Å². The molecule has 24 heavy (non-hydrogen) atoms. The Morgan fingerprint density at radius 2 is 1.71 bits per heavy atom. The van der Waals surface area contributed by atoms with Gasteiger partial charge < -0.3 is 18.6 Å². The van der Waals surface area contributed by atoms with E-state index >= 15 is 0 Å². The minimum Gasteiger partial charge on any atom is -0.494 e. The van der Waals surface area contributed by atoms with E-state index in [4.69, 9.17) is 18.6 Å². The predicted octanol–water partition coefficient (Wildman–Crippen LogP) is 3.27. The Labute approximate surface area is 138 Å². The Morgan fingerprint density at radius 3 is 2.33 bits per heavy atom. The van der Waals surface area contributed by atoms with Crippen LogP contribution < -0.4 is 19.8 Å². The second kappa shape index (κ2) is 6.62. The van der Waals surface area contributed by atoms with Crippen LogP contribution in [-0.4, -0.2) is 25.8 Å². The van der Waals surface area contributed by atoms with E-state index in [2.05, 4.69) is 4.98 Å². The molecule has 0 radical (unpaired) electrons. The van der Waals surface area contributed by atoms with Crippen molar-refractivity contribution in [3.63, 3.8) is 0 Å². The van der Waals surface area contributed by atoms with Crippen LogP contribution in [0.25, 0.3) is 22.4 Å². The maximum Gasteiger partial charge on any atom is 0.347 e. The van der Waals surface area contributed by atoms with Crippen molar-refractivity contribution < 1.29 is 18.6 Å². The van der Waals surface area contributed by atoms with Crippen LogP contribution in [-0.2, 0) is 0 Å². The molecule has 0 fully saturated rings. The molecule has 0 aliphatic heterocycles. The first-order valence-electron chi connectivity index (χ1n) is 7.46. The van der Waals surface area contributed by atoms with E-state index < -0.39 is 5.63 Å². The van der Waals surface area contributed by atoms with Gasteiger partial charge in [-0.3, -0.25) is 0 Å². The van der Waals surface area contributed by atoms with Crippen LogP contribution in [0.3, 0.4) is 0 Å². The van der Waals surface area contributed by atoms with E-state index in [-0.39, 0.29) is 5.89 Å². The summed E-state index contributed by atoms with van der Waals surface area (Å²) in [6.45, 7) is 2.50. The van der Waals surface area contributed by atoms with Gasteiger partial charge in [-0.05, 0) is 31.2 Å². The highest BCUT2D eigenvalue weighted by molar-refractivity contribution is 5.82. The highest BCUT2D eigenvalue weighted by Gasteiger charge is 2.13. The molecule has 0 amide bonds. The van der Waals surface area contributed by atoms with Crippen LogP contribution in [0, 0.1) is 0 Å². The molecule has 3 aromatic rings. The van der Waals surface area contributed by atoms with Crippen molar-refractivity contribution in [1.29, 1.82) is 0 Å². The molecule has 0 aliphatic carbocycles. The lowest BCUT2D eigenvalue weighted by molar-refractivity contribution is 0.340. The summed E-state index contributed by atoms with van der Waals surface area (Å²) in [5.74, 6) is 1.94. The van der Waals surface area contributed by atoms with Gasteiger partial charge in [0, 0.05) is 17.7 Å². The molecule has 0 aliphatic rings. The average Bonchev–Trinajstić information content (AvgIpc) is 2.61. The average molecular weight is 327 g/mol. The van der Waals surface area contributed by atoms with Gasteiger partial charge in [-0.15, -0.1) is 0 Å². The molecule has 6 heteroatoms. The third kappa shape index (κ3) is 2.90. The lowest BCUT2D eigenvalue weighted by atomic mass is 10.2. The molecule has 1 heterocycles. The summed E-state index contributed by atoms with van der Waals surface area (Å²) in [7, 11) is 3.04. The second-order valence-corrected chi connectivity index (χ2v) is 4.99. The fraction of sp³-hybridized carbons (Fsp3) is 0.222. The predicted molar refractivity (Wildman–Crippen MR) is 90.0 cm³/mol. The Balaban J connectivity index is 2.11. The molecule has 0 bridgehead atoms. The summed E-state index contributed by atoms with van der Waals surface area (Å²) < 4.78 is 21.2. The van der Waals surface area contributed by atoms with E-state index in [1.807, 2.05) is 6.92 Å². The van der Waals surface area contributed by atoms with Crippen LogP contribution in [0.1, 0.15) is 6.92 Å². The summed E-state index contributed by atoms with van der Waals surface area (Å²) in [4.78, 5) is 16.7. The van der Waals surface area contributed by atoms with Gasteiger partial charge in [-0.25, -0.2) is 9.78 Å². The molecule has 1 aromatic heterocycles. The second-order valence-electron chi connectivity index (χ2n) is 4.99. The molecule has 2 aromatic carbocycles. The normalized spacial score (nSPS) is 10.6. The molecule has 124 valence electrons. The fourth-order valence-corrected chi connectivity index (χ4v) is 2.38. The van der Waals surface area contributed by atoms with E-state index in [1.54, 1.807) is 36.4 Å². The number of rotatable bonds is 5. The first-order valence-corrected chi connectivity index (χ1v) is 7.46. The molecule has 3 rings (SSSR count). The molecule has 0 unspecified atom stereocenters. The largest absolute Gasteiger partial charge is 0.494 e. The van der Waals surface area contributed by atoms with Gasteiger partial charge >= 0.3 is 5.63 Å². The smallest absolute Gasteiger partial charge is 0.347 e. The summed E-state index contributed by atoms with van der Waals surface area (Å²) in [6, 6.07) is 10.4. The number of hydrogen-bond acceptors (Lipinski definition) is 6. The minimum atomic E-state index is -0.482. The van der Waals surface area contributed by atoms with E-state index in [1.165, 1.54) is 14.2 Å². The number of fused-ring (bicyclic) bond motifs is 1. The van der Waals surface area contributed by atoms with Crippen molar-refractivity contribution in [3.05, 3.63) is 46.8 Å². The Kier molecular flexibility index (Phi) is 4.37. The SMILES string of the molecule is CCOc1ccc(-c2nc3cc(OC)c(OC)cc3c(=O)o2)cc1. The summed E-state index contributed by atoms with van der Waals surface area (Å²) >= 11 is 0. The topological polar surface area (TPSA) is 70.8 Å². The zero-order valence-corrected chi connectivity index (χ0v) is 13.7. The number of nitrogens with zero attached hydrogens (tertiary/aromatic N) is 1. The summed E-state index contributed by atoms with van der Waals surface area (Å²) in [5.41, 5.74) is 0.685. The number of benzene rings is 2. The third-order valence-electron chi connectivity index (χ3n) is 3.55. The lowest BCUT2D eigenvalue weighted by Crippen LogP contribution is -2.04. The van der Waals surface area contributed by atoms with Crippen LogP contribution in [0.2, 0.25) is 0 Å². The Morgan fingerprint density at radius 1 is 1.04 bits per heavy atom. The lowest BCUT2D eigenvalue weighted by Gasteiger charge is -2.09. The third-order valence-corrected chi connectivity index (χ3v) is 3.55. The number of methoxy groups -OCH3 is 2. The van der Waals surface area contributed by atoms with Gasteiger partial charge in [-0.2, -0.15) is 0 Å². The van der Waals surface area contributed by atoms with Crippen LogP contribution >= 0.6 is 0 Å². The van der Waals surface area contributed by atoms with E-state index in [9.17, 15) is 4.79 Å². The Bertz CT molecular complexity index is 915. The zero-order valence-electron chi connectivity index (χ0n) is 13.7. The standard InChI is InChI=1S/C18H17NO5/c1-4-23-12-7-5-11(6-8-12)17-19-14-10-16(22-3)15(21-2)9-13(14)18(20)24-17/h5-10H,4H2,1-3H3. The number of hydrogen-bond donors (Lipinski definition) is 0. The van der Waals surface area contributed by atoms with Gasteiger partial charge in [0.1, 0.15) is 5.75 Å². The maximum atomic E-state index is 12.3. The van der Waals surface area contributed by atoms with Crippen molar-refractivity contribution in [2.75, 3.05) is 20.8 Å². The Hall–Kier alpha value is -3.02. The molecule has 0 spiro atoms. The van der Waals surface area contributed by atoms with E-state index in [0.717, 1.165) is 5.75 Å². The molecular formula is C18H17NO5. The van der Waals surface area contributed by atoms with Crippen molar-refractivity contribution in [2.24, 2.45) is 0 Å². The summed E-state index contributed by atoms with van der Waals surface area (Å²) in [6.07, 6.45) is 0. The van der Waals surface area contributed by atoms with Gasteiger partial charge in [0.05, 0.1) is 31.7 Å². The first-order chi connectivity index (χ1) is 11.7. The van der Waals surface area contributed by atoms with Gasteiger partial charge in [0.15, 0.2) is 11.5 Å². The maximum absolute atomic E-state index is 12.3. The van der Waals surface area contributed by atoms with Gasteiger partial charge in [0.25, 0.3) is 0 Å². The van der Waals surface area contributed by atoms with E-state index in [0.29, 0.717) is 34.6 Å². The summed E-state index contributed by atoms with van der Waals surface area (Å²) in [5, 5.41) is 0.335. The molecule has 0 saturated heterocycles. The molecule has 0 N–H and O–H groups in total. The minimum absolute atomic E-state index is 0.239. The molecule has 0 atom stereocenters. The van der Waals surface area contributed by atoms with Crippen molar-refractivity contribution in [1.82, 2.24) is 4.98 Å². The van der Waals surface area contributed by atoms with Crippen molar-refractivity contribution in [3.8, 4) is 28.7 Å². The number of ether oxygens (including phenoxy) is 3. The molecular weight excluding hydrogens is 310 g/mol. The highest BCUT2D eigenvalue weighted by atomic mass is 16.5. The van der Waals surface area contributed by atoms with Crippen molar-refractivity contribution in [2.45, 2.75) is 6.92 Å². The molecule has 6 nitrogen and oxygen atoms in total. The van der Waals surface area contributed by atoms with Crippen LogP contribution in [0.5, 0.6) is 17.2 Å². The number of aromatic nitrogens is 1. The van der Waals surface area contributed by atoms with Gasteiger partial charge in [-0.1, -0.05) is 0 Å². The van der Waals surface area contributed by atoms with Gasteiger partial charge in [0.2, 0.25) is 5.89 Å². The van der Waals surface area contributed by atoms with Crippen molar-refractivity contribution >= 4 is 10.9 Å². The van der Waals surface area contributed by atoms with Crippen LogP contribution in [0.4, 0.5) is 0 Å². The zero-order chi connectivity index (χ0) is 17.1. The highest BCUT2D eigenvalue weighted by Crippen LogP contribution is 2.31. The monoisotopic (exact) mass is 327 g/mol.